The second-order valence-corrected chi connectivity index (χ2v) is 7.76. The third kappa shape index (κ3) is 4.24. The number of hydrogen-bond donors (Lipinski definition) is 3. The summed E-state index contributed by atoms with van der Waals surface area (Å²) in [6.07, 6.45) is 0.631. The molecule has 160 valence electrons. The molecule has 1 saturated heterocycles. The summed E-state index contributed by atoms with van der Waals surface area (Å²) in [4.78, 5) is 14.7. The van der Waals surface area contributed by atoms with E-state index >= 15 is 0 Å². The van der Waals surface area contributed by atoms with Gasteiger partial charge in [0.05, 0.1) is 12.7 Å². The number of carbonyl (C=O) groups excluding carboxylic acids is 1. The normalized spacial score (nSPS) is 20.6. The van der Waals surface area contributed by atoms with Crippen molar-refractivity contribution < 1.29 is 23.4 Å². The Morgan fingerprint density at radius 2 is 2.17 bits per heavy atom. The molecule has 0 aromatic heterocycles. The molecule has 0 saturated carbocycles. The van der Waals surface area contributed by atoms with Gasteiger partial charge in [-0.05, 0) is 43.2 Å². The van der Waals surface area contributed by atoms with E-state index in [9.17, 15) is 13.6 Å². The van der Waals surface area contributed by atoms with Gasteiger partial charge in [-0.15, -0.1) is 0 Å². The van der Waals surface area contributed by atoms with E-state index in [2.05, 4.69) is 10.6 Å². The largest absolute Gasteiger partial charge is 0.396 e. The lowest BCUT2D eigenvalue weighted by atomic mass is 10.1. The molecule has 2 aromatic carbocycles. The Labute approximate surface area is 173 Å². The Hall–Kier alpha value is -2.71. The van der Waals surface area contributed by atoms with Gasteiger partial charge in [0.15, 0.2) is 0 Å². The second-order valence-electron chi connectivity index (χ2n) is 7.76. The second kappa shape index (κ2) is 8.57. The van der Waals surface area contributed by atoms with Crippen molar-refractivity contribution in [3.8, 4) is 0 Å². The van der Waals surface area contributed by atoms with Gasteiger partial charge in [-0.3, -0.25) is 4.79 Å². The van der Waals surface area contributed by atoms with Gasteiger partial charge in [0.25, 0.3) is 0 Å². The van der Waals surface area contributed by atoms with Crippen LogP contribution in [-0.2, 0) is 16.0 Å². The summed E-state index contributed by atoms with van der Waals surface area (Å²) in [5.74, 6) is -1.14. The van der Waals surface area contributed by atoms with Crippen LogP contribution in [0.15, 0.2) is 30.3 Å². The number of carbonyl (C=O) groups is 1. The highest BCUT2D eigenvalue weighted by molar-refractivity contribution is 5.98. The molecule has 1 fully saturated rings. The van der Waals surface area contributed by atoms with Crippen LogP contribution in [0.5, 0.6) is 0 Å². The van der Waals surface area contributed by atoms with Crippen LogP contribution in [0.4, 0.5) is 25.8 Å². The van der Waals surface area contributed by atoms with Crippen LogP contribution in [0, 0.1) is 18.6 Å². The van der Waals surface area contributed by atoms with Crippen LogP contribution in [0.3, 0.4) is 0 Å². The van der Waals surface area contributed by atoms with Crippen LogP contribution in [0.2, 0.25) is 0 Å². The van der Waals surface area contributed by atoms with Crippen molar-refractivity contribution in [2.45, 2.75) is 31.9 Å². The highest BCUT2D eigenvalue weighted by Gasteiger charge is 2.30. The lowest BCUT2D eigenvalue weighted by Gasteiger charge is -2.34. The summed E-state index contributed by atoms with van der Waals surface area (Å²) < 4.78 is 34.0. The van der Waals surface area contributed by atoms with Crippen LogP contribution < -0.4 is 15.5 Å². The van der Waals surface area contributed by atoms with E-state index in [0.717, 1.165) is 5.56 Å². The van der Waals surface area contributed by atoms with Gasteiger partial charge >= 0.3 is 0 Å². The van der Waals surface area contributed by atoms with Gasteiger partial charge in [-0.1, -0.05) is 6.07 Å². The van der Waals surface area contributed by atoms with Gasteiger partial charge in [0, 0.05) is 48.7 Å². The van der Waals surface area contributed by atoms with E-state index in [1.165, 1.54) is 18.2 Å². The molecule has 2 atom stereocenters. The lowest BCUT2D eigenvalue weighted by Crippen LogP contribution is -2.43. The molecule has 2 aromatic rings. The van der Waals surface area contributed by atoms with Crippen molar-refractivity contribution in [2.24, 2.45) is 0 Å². The summed E-state index contributed by atoms with van der Waals surface area (Å²) in [6, 6.07) is 6.85. The number of rotatable bonds is 5. The molecule has 3 N–H and O–H groups in total. The van der Waals surface area contributed by atoms with E-state index in [1.54, 1.807) is 12.1 Å². The number of anilines is 3. The first kappa shape index (κ1) is 20.6. The highest BCUT2D eigenvalue weighted by atomic mass is 19.1. The van der Waals surface area contributed by atoms with Crippen LogP contribution in [-0.4, -0.2) is 49.5 Å². The Kier molecular flexibility index (Phi) is 5.87. The molecule has 0 spiro atoms. The number of morpholine rings is 1. The monoisotopic (exact) mass is 417 g/mol. The zero-order valence-electron chi connectivity index (χ0n) is 16.8. The zero-order valence-corrected chi connectivity index (χ0v) is 16.8. The standard InChI is InChI=1S/C22H25F2N3O3/c1-13-2-3-19(24)18-11-20(26-21(13)18)22(29)25-15-8-14(23)9-16(10-15)27-5-7-30-17(12-27)4-6-28/h2-3,8-10,17,20,26,28H,4-7,11-12H2,1H3,(H,25,29). The SMILES string of the molecule is Cc1ccc(F)c2c1NC(C(=O)Nc1cc(F)cc(N3CCOC(CCO)C3)c1)C2. The third-order valence-electron chi connectivity index (χ3n) is 5.61. The quantitative estimate of drug-likeness (QED) is 0.698. The number of halogens is 2. The van der Waals surface area contributed by atoms with Crippen molar-refractivity contribution in [3.05, 3.63) is 53.1 Å². The van der Waals surface area contributed by atoms with Gasteiger partial charge in [-0.2, -0.15) is 0 Å². The van der Waals surface area contributed by atoms with Crippen molar-refractivity contribution in [3.63, 3.8) is 0 Å². The summed E-state index contributed by atoms with van der Waals surface area (Å²) in [5, 5.41) is 15.0. The van der Waals surface area contributed by atoms with Crippen molar-refractivity contribution >= 4 is 23.0 Å². The van der Waals surface area contributed by atoms with Crippen molar-refractivity contribution in [1.82, 2.24) is 0 Å². The molecule has 8 heteroatoms. The molecule has 2 heterocycles. The van der Waals surface area contributed by atoms with Crippen LogP contribution in [0.25, 0.3) is 0 Å². The topological polar surface area (TPSA) is 73.8 Å². The number of aliphatic hydroxyl groups is 1. The predicted molar refractivity (Wildman–Crippen MR) is 111 cm³/mol. The minimum absolute atomic E-state index is 0.0276. The van der Waals surface area contributed by atoms with Crippen molar-refractivity contribution in [2.75, 3.05) is 41.8 Å². The minimum atomic E-state index is -0.625. The molecule has 30 heavy (non-hydrogen) atoms. The average molecular weight is 417 g/mol. The summed E-state index contributed by atoms with van der Waals surface area (Å²) in [5.41, 5.74) is 3.01. The van der Waals surface area contributed by atoms with Gasteiger partial charge in [0.2, 0.25) is 5.91 Å². The molecule has 0 aliphatic carbocycles. The Morgan fingerprint density at radius 3 is 2.93 bits per heavy atom. The fraction of sp³-hybridized carbons (Fsp3) is 0.409. The molecular weight excluding hydrogens is 392 g/mol. The zero-order chi connectivity index (χ0) is 21.3. The maximum atomic E-state index is 14.3. The van der Waals surface area contributed by atoms with E-state index in [1.807, 2.05) is 11.8 Å². The number of ether oxygens (including phenoxy) is 1. The number of aliphatic hydroxyl groups excluding tert-OH is 1. The number of fused-ring (bicyclic) bond motifs is 1. The van der Waals surface area contributed by atoms with E-state index in [4.69, 9.17) is 9.84 Å². The molecule has 0 bridgehead atoms. The molecule has 2 unspecified atom stereocenters. The molecular formula is C22H25F2N3O3. The molecule has 2 aliphatic rings. The number of benzene rings is 2. The van der Waals surface area contributed by atoms with Crippen LogP contribution in [0.1, 0.15) is 17.5 Å². The maximum Gasteiger partial charge on any atom is 0.247 e. The Bertz CT molecular complexity index is 920. The van der Waals surface area contributed by atoms with Crippen LogP contribution >= 0.6 is 0 Å². The maximum absolute atomic E-state index is 14.3. The number of amides is 1. The van der Waals surface area contributed by atoms with Crippen molar-refractivity contribution in [1.29, 1.82) is 0 Å². The summed E-state index contributed by atoms with van der Waals surface area (Å²) in [6.45, 7) is 3.50. The number of hydrogen-bond acceptors (Lipinski definition) is 5. The molecule has 2 aliphatic heterocycles. The fourth-order valence-electron chi connectivity index (χ4n) is 4.06. The highest BCUT2D eigenvalue weighted by Crippen LogP contribution is 2.32. The first-order valence-corrected chi connectivity index (χ1v) is 10.1. The number of aryl methyl sites for hydroxylation is 1. The number of nitrogens with zero attached hydrogens (tertiary/aromatic N) is 1. The first-order valence-electron chi connectivity index (χ1n) is 10.1. The van der Waals surface area contributed by atoms with E-state index < -0.39 is 11.9 Å². The number of nitrogens with one attached hydrogen (secondary N) is 2. The lowest BCUT2D eigenvalue weighted by molar-refractivity contribution is -0.116. The van der Waals surface area contributed by atoms with E-state index in [0.29, 0.717) is 48.7 Å². The Morgan fingerprint density at radius 1 is 1.33 bits per heavy atom. The smallest absolute Gasteiger partial charge is 0.247 e. The van der Waals surface area contributed by atoms with Gasteiger partial charge in [0.1, 0.15) is 17.7 Å². The fourth-order valence-corrected chi connectivity index (χ4v) is 4.06. The summed E-state index contributed by atoms with van der Waals surface area (Å²) in [7, 11) is 0. The molecule has 6 nitrogen and oxygen atoms in total. The minimum Gasteiger partial charge on any atom is -0.396 e. The third-order valence-corrected chi connectivity index (χ3v) is 5.61. The van der Waals surface area contributed by atoms with Gasteiger partial charge < -0.3 is 25.4 Å². The molecule has 1 amide bonds. The summed E-state index contributed by atoms with van der Waals surface area (Å²) >= 11 is 0. The van der Waals surface area contributed by atoms with E-state index in [-0.39, 0.29) is 30.9 Å². The first-order chi connectivity index (χ1) is 14.4. The molecule has 0 radical (unpaired) electrons. The average Bonchev–Trinajstić information content (AvgIpc) is 3.18. The van der Waals surface area contributed by atoms with Gasteiger partial charge in [-0.25, -0.2) is 8.78 Å². The Balaban J connectivity index is 1.47. The predicted octanol–water partition coefficient (Wildman–Crippen LogP) is 2.84. The molecule has 4 rings (SSSR count).